The lowest BCUT2D eigenvalue weighted by Gasteiger charge is -2.03. The Hall–Kier alpha value is -0.650. The number of anilines is 2. The second-order valence-electron chi connectivity index (χ2n) is 3.08. The zero-order chi connectivity index (χ0) is 10.4. The van der Waals surface area contributed by atoms with Crippen molar-refractivity contribution in [2.45, 2.75) is 13.3 Å². The van der Waals surface area contributed by atoms with Crippen LogP contribution < -0.4 is 11.1 Å². The summed E-state index contributed by atoms with van der Waals surface area (Å²) in [6.45, 7) is 4.37. The molecule has 0 aromatic carbocycles. The Morgan fingerprint density at radius 2 is 2.19 bits per heavy atom. The Kier molecular flexibility index (Phi) is 10.6. The summed E-state index contributed by atoms with van der Waals surface area (Å²) in [5.74, 6) is 0.754. The number of nitrogens with zero attached hydrogens (tertiary/aromatic N) is 2. The number of hydrogen-bond acceptors (Lipinski definition) is 4. The molecular weight excluding hydrogens is 251 g/mol. The maximum Gasteiger partial charge on any atom is 0.171 e. The van der Waals surface area contributed by atoms with Crippen LogP contribution in [0, 0.1) is 0 Å². The topological polar surface area (TPSA) is 65.1 Å². The van der Waals surface area contributed by atoms with Crippen LogP contribution in [0.3, 0.4) is 0 Å². The molecule has 3 N–H and O–H groups in total. The number of nitrogen functional groups attached to an aromatic ring is 1. The molecule has 1 aromatic rings. The summed E-state index contributed by atoms with van der Waals surface area (Å²) in [5, 5.41) is 7.32. The van der Waals surface area contributed by atoms with E-state index in [4.69, 9.17) is 10.5 Å². The highest BCUT2D eigenvalue weighted by Gasteiger charge is 2.01. The molecule has 0 aliphatic heterocycles. The van der Waals surface area contributed by atoms with Gasteiger partial charge in [0.1, 0.15) is 0 Å². The number of ether oxygens (including phenoxy) is 1. The molecule has 0 aliphatic rings. The molecule has 0 spiro atoms. The largest absolute Gasteiger partial charge is 0.394 e. The molecule has 0 aliphatic carbocycles. The van der Waals surface area contributed by atoms with Gasteiger partial charge in [-0.2, -0.15) is 5.10 Å². The average Bonchev–Trinajstić information content (AvgIpc) is 2.45. The first-order valence-corrected chi connectivity index (χ1v) is 4.84. The normalized spacial score (nSPS) is 9.12. The number of aryl methyl sites for hydroxylation is 1. The van der Waals surface area contributed by atoms with E-state index >= 15 is 0 Å². The van der Waals surface area contributed by atoms with Gasteiger partial charge in [-0.1, -0.05) is 0 Å². The van der Waals surface area contributed by atoms with Crippen LogP contribution in [0.25, 0.3) is 0 Å². The third-order valence-corrected chi connectivity index (χ3v) is 1.82. The smallest absolute Gasteiger partial charge is 0.171 e. The van der Waals surface area contributed by atoms with E-state index in [1.54, 1.807) is 10.9 Å². The predicted molar refractivity (Wildman–Crippen MR) is 71.7 cm³/mol. The van der Waals surface area contributed by atoms with Gasteiger partial charge in [-0.05, 0) is 13.3 Å². The zero-order valence-electron chi connectivity index (χ0n) is 9.60. The molecule has 0 fully saturated rings. The first kappa shape index (κ1) is 17.7. The highest BCUT2D eigenvalue weighted by molar-refractivity contribution is 5.85. The van der Waals surface area contributed by atoms with E-state index in [1.807, 2.05) is 14.0 Å². The molecule has 16 heavy (non-hydrogen) atoms. The Balaban J connectivity index is 0. The van der Waals surface area contributed by atoms with Gasteiger partial charge < -0.3 is 15.8 Å². The summed E-state index contributed by atoms with van der Waals surface area (Å²) in [5.41, 5.74) is 6.39. The van der Waals surface area contributed by atoms with E-state index in [2.05, 4.69) is 10.4 Å². The van der Waals surface area contributed by atoms with Crippen molar-refractivity contribution in [1.82, 2.24) is 9.78 Å². The lowest BCUT2D eigenvalue weighted by molar-refractivity contribution is 0.147. The minimum absolute atomic E-state index is 0. The van der Waals surface area contributed by atoms with Crippen molar-refractivity contribution in [2.24, 2.45) is 7.05 Å². The first-order chi connectivity index (χ1) is 6.74. The highest BCUT2D eigenvalue weighted by Crippen LogP contribution is 2.13. The number of nitrogens with one attached hydrogen (secondary N) is 1. The molecule has 0 radical (unpaired) electrons. The van der Waals surface area contributed by atoms with E-state index in [9.17, 15) is 0 Å². The molecule has 0 saturated carbocycles. The molecule has 5 nitrogen and oxygen atoms in total. The number of aromatic nitrogens is 2. The Morgan fingerprint density at radius 3 is 2.69 bits per heavy atom. The second-order valence-corrected chi connectivity index (χ2v) is 3.08. The van der Waals surface area contributed by atoms with E-state index in [-0.39, 0.29) is 24.8 Å². The third-order valence-electron chi connectivity index (χ3n) is 1.82. The summed E-state index contributed by atoms with van der Waals surface area (Å²) in [7, 11) is 1.85. The van der Waals surface area contributed by atoms with Crippen LogP contribution in [0.4, 0.5) is 11.5 Å². The number of nitrogens with two attached hydrogens (primary N) is 1. The fraction of sp³-hybridized carbons (Fsp3) is 0.667. The van der Waals surface area contributed by atoms with E-state index in [0.29, 0.717) is 5.69 Å². The summed E-state index contributed by atoms with van der Waals surface area (Å²) >= 11 is 0. The quantitative estimate of drug-likeness (QED) is 0.773. The third kappa shape index (κ3) is 6.05. The molecule has 0 unspecified atom stereocenters. The van der Waals surface area contributed by atoms with E-state index in [1.165, 1.54) is 0 Å². The lowest BCUT2D eigenvalue weighted by atomic mass is 10.4. The minimum atomic E-state index is 0. The van der Waals surface area contributed by atoms with Gasteiger partial charge >= 0.3 is 0 Å². The van der Waals surface area contributed by atoms with Gasteiger partial charge in [0.25, 0.3) is 0 Å². The van der Waals surface area contributed by atoms with Crippen molar-refractivity contribution in [3.8, 4) is 0 Å². The SMILES string of the molecule is CCOCCCNc1nn(C)cc1N.Cl.Cl. The van der Waals surface area contributed by atoms with Crippen molar-refractivity contribution in [3.63, 3.8) is 0 Å². The Morgan fingerprint density at radius 1 is 1.50 bits per heavy atom. The average molecular weight is 271 g/mol. The van der Waals surface area contributed by atoms with Gasteiger partial charge in [-0.25, -0.2) is 0 Å². The molecule has 0 amide bonds. The van der Waals surface area contributed by atoms with Gasteiger partial charge in [0.15, 0.2) is 5.82 Å². The zero-order valence-corrected chi connectivity index (χ0v) is 11.2. The second kappa shape index (κ2) is 9.57. The van der Waals surface area contributed by atoms with Crippen molar-refractivity contribution >= 4 is 36.3 Å². The molecule has 1 aromatic heterocycles. The summed E-state index contributed by atoms with van der Waals surface area (Å²) in [4.78, 5) is 0. The van der Waals surface area contributed by atoms with Crippen LogP contribution in [0.15, 0.2) is 6.20 Å². The van der Waals surface area contributed by atoms with Crippen LogP contribution in [-0.4, -0.2) is 29.5 Å². The number of halogens is 2. The van der Waals surface area contributed by atoms with Crippen molar-refractivity contribution in [2.75, 3.05) is 30.8 Å². The molecule has 0 bridgehead atoms. The Labute approximate surface area is 109 Å². The monoisotopic (exact) mass is 270 g/mol. The highest BCUT2D eigenvalue weighted by atomic mass is 35.5. The van der Waals surface area contributed by atoms with Crippen LogP contribution >= 0.6 is 24.8 Å². The predicted octanol–water partition coefficient (Wildman–Crippen LogP) is 1.68. The summed E-state index contributed by atoms with van der Waals surface area (Å²) < 4.78 is 6.90. The fourth-order valence-corrected chi connectivity index (χ4v) is 1.17. The fourth-order valence-electron chi connectivity index (χ4n) is 1.17. The van der Waals surface area contributed by atoms with Gasteiger partial charge in [0.2, 0.25) is 0 Å². The van der Waals surface area contributed by atoms with Gasteiger partial charge in [-0.15, -0.1) is 24.8 Å². The van der Waals surface area contributed by atoms with Gasteiger partial charge in [0.05, 0.1) is 5.69 Å². The van der Waals surface area contributed by atoms with Crippen LogP contribution in [-0.2, 0) is 11.8 Å². The maximum atomic E-state index is 5.71. The molecule has 0 atom stereocenters. The molecule has 7 heteroatoms. The molecule has 1 rings (SSSR count). The molecule has 96 valence electrons. The first-order valence-electron chi connectivity index (χ1n) is 4.84. The standard InChI is InChI=1S/C9H18N4O.2ClH/c1-3-14-6-4-5-11-9-8(10)7-13(2)12-9;;/h7H,3-6,10H2,1-2H3,(H,11,12);2*1H. The van der Waals surface area contributed by atoms with Crippen molar-refractivity contribution < 1.29 is 4.74 Å². The van der Waals surface area contributed by atoms with Crippen LogP contribution in [0.5, 0.6) is 0 Å². The van der Waals surface area contributed by atoms with E-state index in [0.717, 1.165) is 32.0 Å². The number of hydrogen-bond donors (Lipinski definition) is 2. The van der Waals surface area contributed by atoms with Crippen molar-refractivity contribution in [1.29, 1.82) is 0 Å². The summed E-state index contributed by atoms with van der Waals surface area (Å²) in [6, 6.07) is 0. The summed E-state index contributed by atoms with van der Waals surface area (Å²) in [6.07, 6.45) is 2.74. The molecule has 1 heterocycles. The van der Waals surface area contributed by atoms with Gasteiger partial charge in [-0.3, -0.25) is 4.68 Å². The minimum Gasteiger partial charge on any atom is -0.394 e. The van der Waals surface area contributed by atoms with E-state index < -0.39 is 0 Å². The van der Waals surface area contributed by atoms with Crippen LogP contribution in [0.2, 0.25) is 0 Å². The lowest BCUT2D eigenvalue weighted by Crippen LogP contribution is -2.07. The maximum absolute atomic E-state index is 5.71. The Bertz CT molecular complexity index is 280. The number of rotatable bonds is 6. The molecule has 0 saturated heterocycles. The molecular formula is C9H20Cl2N4O. The van der Waals surface area contributed by atoms with Crippen molar-refractivity contribution in [3.05, 3.63) is 6.20 Å². The van der Waals surface area contributed by atoms with Gasteiger partial charge in [0, 0.05) is 33.0 Å². The van der Waals surface area contributed by atoms with Crippen LogP contribution in [0.1, 0.15) is 13.3 Å².